The molecule has 0 radical (unpaired) electrons. The third kappa shape index (κ3) is 1.64. The van der Waals surface area contributed by atoms with Crippen LogP contribution in [0.4, 0.5) is 13.2 Å². The fourth-order valence-electron chi connectivity index (χ4n) is 4.30. The van der Waals surface area contributed by atoms with Gasteiger partial charge in [0.2, 0.25) is 0 Å². The maximum atomic E-state index is 13.3. The third-order valence-corrected chi connectivity index (χ3v) is 5.29. The first-order chi connectivity index (χ1) is 10.4. The summed E-state index contributed by atoms with van der Waals surface area (Å²) in [5, 5.41) is 0. The Hall–Kier alpha value is -1.56. The second-order valence-corrected chi connectivity index (χ2v) is 6.28. The number of ether oxygens (including phenoxy) is 2. The van der Waals surface area contributed by atoms with Gasteiger partial charge in [-0.2, -0.15) is 13.2 Å². The molecule has 1 aromatic carbocycles. The van der Waals surface area contributed by atoms with Crippen molar-refractivity contribution in [1.82, 2.24) is 0 Å². The van der Waals surface area contributed by atoms with E-state index < -0.39 is 23.4 Å². The van der Waals surface area contributed by atoms with E-state index >= 15 is 0 Å². The molecular weight excluding hydrogens is 297 g/mol. The minimum absolute atomic E-state index is 0.0206. The monoisotopic (exact) mass is 312 g/mol. The number of hydrogen-bond donors (Lipinski definition) is 0. The van der Waals surface area contributed by atoms with Crippen molar-refractivity contribution in [2.24, 2.45) is 11.8 Å². The average molecular weight is 312 g/mol. The van der Waals surface area contributed by atoms with E-state index in [1.165, 1.54) is 19.2 Å². The summed E-state index contributed by atoms with van der Waals surface area (Å²) in [5.74, 6) is 0.111. The van der Waals surface area contributed by atoms with E-state index in [-0.39, 0.29) is 28.9 Å². The first kappa shape index (κ1) is 14.1. The molecule has 1 aliphatic heterocycles. The van der Waals surface area contributed by atoms with Crippen LogP contribution in [0.15, 0.2) is 18.2 Å². The Morgan fingerprint density at radius 1 is 1.32 bits per heavy atom. The fraction of sp³-hybridized carbons (Fsp3) is 0.562. The van der Waals surface area contributed by atoms with Crippen molar-refractivity contribution in [3.63, 3.8) is 0 Å². The van der Waals surface area contributed by atoms with Gasteiger partial charge in [0.05, 0.1) is 12.7 Å². The lowest BCUT2D eigenvalue weighted by Crippen LogP contribution is -2.32. The zero-order chi connectivity index (χ0) is 15.7. The van der Waals surface area contributed by atoms with Crippen molar-refractivity contribution < 1.29 is 27.4 Å². The van der Waals surface area contributed by atoms with Crippen LogP contribution in [0.1, 0.15) is 36.5 Å². The van der Waals surface area contributed by atoms with Crippen LogP contribution in [0.3, 0.4) is 0 Å². The molecule has 3 nitrogen and oxygen atoms in total. The highest BCUT2D eigenvalue weighted by molar-refractivity contribution is 5.96. The van der Waals surface area contributed by atoms with Crippen molar-refractivity contribution >= 4 is 5.78 Å². The van der Waals surface area contributed by atoms with Gasteiger partial charge in [-0.3, -0.25) is 4.79 Å². The Bertz CT molecular complexity index is 655. The van der Waals surface area contributed by atoms with Gasteiger partial charge in [-0.1, -0.05) is 6.07 Å². The molecule has 2 saturated carbocycles. The normalized spacial score (nSPS) is 36.2. The maximum Gasteiger partial charge on any atom is 0.416 e. The van der Waals surface area contributed by atoms with Crippen molar-refractivity contribution in [2.45, 2.75) is 37.1 Å². The molecule has 2 aliphatic carbocycles. The topological polar surface area (TPSA) is 38.8 Å². The number of fused-ring (bicyclic) bond motifs is 3. The van der Waals surface area contributed by atoms with Crippen LogP contribution in [-0.2, 0) is 15.7 Å². The standard InChI is InChI=1S/C16H15F3O3/c1-21-11-4-2-3-10(16(17,18)19)12(11)14-15(22-14)9-6-5-8(7-9)13(15)20/h2-4,8-9,14H,5-7H2,1H3. The molecule has 1 heterocycles. The van der Waals surface area contributed by atoms with Gasteiger partial charge in [0.25, 0.3) is 0 Å². The zero-order valence-corrected chi connectivity index (χ0v) is 11.9. The Morgan fingerprint density at radius 2 is 2.09 bits per heavy atom. The second kappa shape index (κ2) is 4.25. The summed E-state index contributed by atoms with van der Waals surface area (Å²) >= 11 is 0. The molecule has 2 bridgehead atoms. The molecule has 6 heteroatoms. The third-order valence-electron chi connectivity index (χ3n) is 5.29. The number of hydrogen-bond acceptors (Lipinski definition) is 3. The van der Waals surface area contributed by atoms with Crippen LogP contribution in [0.25, 0.3) is 0 Å². The van der Waals surface area contributed by atoms with Gasteiger partial charge in [0.1, 0.15) is 11.9 Å². The summed E-state index contributed by atoms with van der Waals surface area (Å²) in [6.07, 6.45) is -2.91. The lowest BCUT2D eigenvalue weighted by molar-refractivity contribution is -0.138. The van der Waals surface area contributed by atoms with Crippen LogP contribution in [0, 0.1) is 11.8 Å². The summed E-state index contributed by atoms with van der Waals surface area (Å²) in [4.78, 5) is 12.4. The van der Waals surface area contributed by atoms with Crippen LogP contribution < -0.4 is 4.74 Å². The Kier molecular flexibility index (Phi) is 2.72. The summed E-state index contributed by atoms with van der Waals surface area (Å²) in [7, 11) is 1.33. The number of methoxy groups -OCH3 is 1. The van der Waals surface area contributed by atoms with Crippen LogP contribution >= 0.6 is 0 Å². The number of epoxide rings is 1. The number of rotatable bonds is 2. The molecule has 0 aromatic heterocycles. The van der Waals surface area contributed by atoms with E-state index in [1.54, 1.807) is 0 Å². The molecule has 1 spiro atoms. The van der Waals surface area contributed by atoms with Crippen LogP contribution in [0.5, 0.6) is 5.75 Å². The fourth-order valence-corrected chi connectivity index (χ4v) is 4.30. The molecule has 3 fully saturated rings. The summed E-state index contributed by atoms with van der Waals surface area (Å²) in [6.45, 7) is 0. The van der Waals surface area contributed by atoms with Crippen LogP contribution in [-0.4, -0.2) is 18.5 Å². The predicted molar refractivity (Wildman–Crippen MR) is 70.4 cm³/mol. The Balaban J connectivity index is 1.80. The molecule has 3 aliphatic rings. The zero-order valence-electron chi connectivity index (χ0n) is 11.9. The molecule has 0 N–H and O–H groups in total. The molecule has 4 atom stereocenters. The maximum absolute atomic E-state index is 13.3. The average Bonchev–Trinajstić information content (AvgIpc) is 2.90. The summed E-state index contributed by atoms with van der Waals surface area (Å²) < 4.78 is 50.7. The highest BCUT2D eigenvalue weighted by atomic mass is 19.4. The molecule has 1 aromatic rings. The van der Waals surface area contributed by atoms with E-state index in [2.05, 4.69) is 0 Å². The Morgan fingerprint density at radius 3 is 2.68 bits per heavy atom. The van der Waals surface area contributed by atoms with Crippen molar-refractivity contribution in [3.05, 3.63) is 29.3 Å². The van der Waals surface area contributed by atoms with Gasteiger partial charge in [-0.15, -0.1) is 0 Å². The molecule has 22 heavy (non-hydrogen) atoms. The first-order valence-electron chi connectivity index (χ1n) is 7.35. The molecule has 1 saturated heterocycles. The minimum Gasteiger partial charge on any atom is -0.496 e. The van der Waals surface area contributed by atoms with Crippen molar-refractivity contribution in [3.8, 4) is 5.75 Å². The predicted octanol–water partition coefficient (Wildman–Crippen LogP) is 3.52. The second-order valence-electron chi connectivity index (χ2n) is 6.28. The van der Waals surface area contributed by atoms with Gasteiger partial charge >= 0.3 is 6.18 Å². The number of ketones is 1. The molecule has 0 amide bonds. The number of Topliss-reactive ketones (excluding diaryl/α,β-unsaturated/α-hetero) is 1. The molecule has 118 valence electrons. The van der Waals surface area contributed by atoms with E-state index in [9.17, 15) is 18.0 Å². The number of carbonyl (C=O) groups is 1. The van der Waals surface area contributed by atoms with Crippen molar-refractivity contribution in [1.29, 1.82) is 0 Å². The molecule has 4 unspecified atom stereocenters. The quantitative estimate of drug-likeness (QED) is 0.784. The van der Waals surface area contributed by atoms with E-state index in [0.717, 1.165) is 25.3 Å². The summed E-state index contributed by atoms with van der Waals surface area (Å²) in [6, 6.07) is 3.81. The van der Waals surface area contributed by atoms with E-state index in [0.29, 0.717) is 0 Å². The molecule has 4 rings (SSSR count). The van der Waals surface area contributed by atoms with Gasteiger partial charge in [-0.05, 0) is 37.3 Å². The van der Waals surface area contributed by atoms with E-state index in [4.69, 9.17) is 9.47 Å². The van der Waals surface area contributed by atoms with E-state index in [1.807, 2.05) is 0 Å². The van der Waals surface area contributed by atoms with Crippen molar-refractivity contribution in [2.75, 3.05) is 7.11 Å². The lowest BCUT2D eigenvalue weighted by Gasteiger charge is -2.19. The first-order valence-corrected chi connectivity index (χ1v) is 7.35. The summed E-state index contributed by atoms with van der Waals surface area (Å²) in [5.41, 5.74) is -1.83. The largest absolute Gasteiger partial charge is 0.496 e. The van der Waals surface area contributed by atoms with Gasteiger partial charge in [-0.25, -0.2) is 0 Å². The molecular formula is C16H15F3O3. The smallest absolute Gasteiger partial charge is 0.416 e. The lowest BCUT2D eigenvalue weighted by atomic mass is 9.81. The number of halogens is 3. The number of benzene rings is 1. The van der Waals surface area contributed by atoms with Gasteiger partial charge in [0.15, 0.2) is 11.4 Å². The number of carbonyl (C=O) groups excluding carboxylic acids is 1. The highest BCUT2D eigenvalue weighted by Crippen LogP contribution is 2.67. The highest BCUT2D eigenvalue weighted by Gasteiger charge is 2.74. The minimum atomic E-state index is -4.50. The SMILES string of the molecule is COc1cccc(C(F)(F)F)c1C1OC12C(=O)C1CCC2C1. The van der Waals surface area contributed by atoms with Gasteiger partial charge < -0.3 is 9.47 Å². The van der Waals surface area contributed by atoms with Crippen LogP contribution in [0.2, 0.25) is 0 Å². The number of alkyl halides is 3. The Labute approximate surface area is 125 Å². The van der Waals surface area contributed by atoms with Gasteiger partial charge in [0, 0.05) is 11.5 Å².